The van der Waals surface area contributed by atoms with Gasteiger partial charge in [-0.1, -0.05) is 23.4 Å². The third-order valence-electron chi connectivity index (χ3n) is 3.79. The Hall–Kier alpha value is -3.75. The second-order valence-electron chi connectivity index (χ2n) is 5.51. The van der Waals surface area contributed by atoms with Crippen LogP contribution in [0.1, 0.15) is 5.56 Å². The Bertz CT molecular complexity index is 1060. The summed E-state index contributed by atoms with van der Waals surface area (Å²) < 4.78 is 20.5. The second-order valence-corrected chi connectivity index (χ2v) is 5.51. The van der Waals surface area contributed by atoms with Crippen molar-refractivity contribution in [2.75, 3.05) is 5.73 Å². The number of anilines is 1. The number of nitrogen functional groups attached to an aromatic ring is 1. The van der Waals surface area contributed by atoms with Crippen LogP contribution in [0.15, 0.2) is 53.4 Å². The topological polar surface area (TPSA) is 116 Å². The molecule has 0 spiro atoms. The van der Waals surface area contributed by atoms with Crippen molar-refractivity contribution in [1.29, 1.82) is 0 Å². The van der Waals surface area contributed by atoms with Crippen molar-refractivity contribution < 1.29 is 14.0 Å². The molecule has 3 N–H and O–H groups in total. The summed E-state index contributed by atoms with van der Waals surface area (Å²) in [7, 11) is 0. The highest BCUT2D eigenvalue weighted by molar-refractivity contribution is 5.63. The van der Waals surface area contributed by atoms with Gasteiger partial charge in [-0.05, 0) is 12.1 Å². The van der Waals surface area contributed by atoms with Gasteiger partial charge in [0.2, 0.25) is 0 Å². The summed E-state index contributed by atoms with van der Waals surface area (Å²) in [6.07, 6.45) is 2.63. The second kappa shape index (κ2) is 6.28. The van der Waals surface area contributed by atoms with Gasteiger partial charge in [0, 0.05) is 11.6 Å². The zero-order valence-corrected chi connectivity index (χ0v) is 13.4. The van der Waals surface area contributed by atoms with Gasteiger partial charge in [0.15, 0.2) is 17.4 Å². The molecule has 0 amide bonds. The smallest absolute Gasteiger partial charge is 0.182 e. The lowest BCUT2D eigenvalue weighted by atomic mass is 10.2. The number of nitrogens with zero attached hydrogens (tertiary/aromatic N) is 5. The van der Waals surface area contributed by atoms with Gasteiger partial charge in [0.1, 0.15) is 23.5 Å². The highest BCUT2D eigenvalue weighted by atomic mass is 19.1. The van der Waals surface area contributed by atoms with E-state index < -0.39 is 0 Å². The highest BCUT2D eigenvalue weighted by Gasteiger charge is 2.17. The first-order valence-electron chi connectivity index (χ1n) is 7.65. The fourth-order valence-electron chi connectivity index (χ4n) is 2.50. The van der Waals surface area contributed by atoms with Crippen molar-refractivity contribution in [3.05, 3.63) is 60.2 Å². The summed E-state index contributed by atoms with van der Waals surface area (Å²) in [6, 6.07) is 9.81. The molecule has 3 heterocycles. The van der Waals surface area contributed by atoms with Crippen molar-refractivity contribution >= 4 is 5.82 Å². The molecule has 26 heavy (non-hydrogen) atoms. The van der Waals surface area contributed by atoms with Crippen LogP contribution in [-0.2, 0) is 6.54 Å². The fourth-order valence-corrected chi connectivity index (χ4v) is 2.50. The van der Waals surface area contributed by atoms with Crippen LogP contribution in [0.5, 0.6) is 5.75 Å². The van der Waals surface area contributed by atoms with Crippen molar-refractivity contribution in [3.63, 3.8) is 0 Å². The van der Waals surface area contributed by atoms with E-state index >= 15 is 0 Å². The van der Waals surface area contributed by atoms with Crippen molar-refractivity contribution in [2.45, 2.75) is 6.54 Å². The van der Waals surface area contributed by atoms with Gasteiger partial charge in [-0.3, -0.25) is 4.68 Å². The quantitative estimate of drug-likeness (QED) is 0.579. The Kier molecular flexibility index (Phi) is 3.81. The lowest BCUT2D eigenvalue weighted by Crippen LogP contribution is -2.06. The number of nitrogens with two attached hydrogens (primary N) is 1. The van der Waals surface area contributed by atoms with Gasteiger partial charge in [0.25, 0.3) is 0 Å². The molecule has 3 aromatic heterocycles. The first kappa shape index (κ1) is 15.8. The van der Waals surface area contributed by atoms with Gasteiger partial charge >= 0.3 is 0 Å². The summed E-state index contributed by atoms with van der Waals surface area (Å²) in [4.78, 5) is 8.06. The Labute approximate surface area is 146 Å². The minimum Gasteiger partial charge on any atom is -0.503 e. The number of hydrogen-bond acceptors (Lipinski definition) is 7. The predicted octanol–water partition coefficient (Wildman–Crippen LogP) is 2.47. The van der Waals surface area contributed by atoms with Crippen LogP contribution in [0.3, 0.4) is 0 Å². The van der Waals surface area contributed by atoms with Gasteiger partial charge in [-0.25, -0.2) is 14.4 Å². The molecule has 0 atom stereocenters. The molecule has 0 saturated heterocycles. The molecule has 0 radical (unpaired) electrons. The third-order valence-corrected chi connectivity index (χ3v) is 3.79. The lowest BCUT2D eigenvalue weighted by molar-refractivity contribution is 0.421. The molecule has 1 aromatic carbocycles. The number of halogens is 1. The molecular weight excluding hydrogens is 339 g/mol. The SMILES string of the molecule is Nc1nc(-c2cc(-c3ccon3)n(Cc3ccccc3F)n2)ncc1O. The molecule has 0 unspecified atom stereocenters. The van der Waals surface area contributed by atoms with E-state index in [0.717, 1.165) is 0 Å². The first-order valence-corrected chi connectivity index (χ1v) is 7.65. The Morgan fingerprint density at radius 3 is 2.77 bits per heavy atom. The van der Waals surface area contributed by atoms with Gasteiger partial charge in [0.05, 0.1) is 18.4 Å². The molecular formula is C17H13FN6O2. The summed E-state index contributed by atoms with van der Waals surface area (Å²) in [5.74, 6) is -0.365. The van der Waals surface area contributed by atoms with Crippen molar-refractivity contribution in [1.82, 2.24) is 24.9 Å². The summed E-state index contributed by atoms with van der Waals surface area (Å²) >= 11 is 0. The number of rotatable bonds is 4. The maximum Gasteiger partial charge on any atom is 0.182 e. The van der Waals surface area contributed by atoms with E-state index in [0.29, 0.717) is 22.6 Å². The fraction of sp³-hybridized carbons (Fsp3) is 0.0588. The molecule has 0 bridgehead atoms. The molecule has 0 aliphatic rings. The Morgan fingerprint density at radius 1 is 1.19 bits per heavy atom. The van der Waals surface area contributed by atoms with E-state index in [1.807, 2.05) is 0 Å². The lowest BCUT2D eigenvalue weighted by Gasteiger charge is -2.06. The van der Waals surface area contributed by atoms with Crippen LogP contribution in [0.25, 0.3) is 22.9 Å². The van der Waals surface area contributed by atoms with Crippen LogP contribution in [-0.4, -0.2) is 30.0 Å². The van der Waals surface area contributed by atoms with E-state index in [1.54, 1.807) is 35.0 Å². The molecule has 130 valence electrons. The van der Waals surface area contributed by atoms with Crippen LogP contribution in [0.2, 0.25) is 0 Å². The van der Waals surface area contributed by atoms with Gasteiger partial charge < -0.3 is 15.4 Å². The van der Waals surface area contributed by atoms with E-state index in [2.05, 4.69) is 20.2 Å². The van der Waals surface area contributed by atoms with E-state index in [-0.39, 0.29) is 29.8 Å². The highest BCUT2D eigenvalue weighted by Crippen LogP contribution is 2.26. The normalized spacial score (nSPS) is 11.0. The van der Waals surface area contributed by atoms with Crippen LogP contribution < -0.4 is 5.73 Å². The maximum absolute atomic E-state index is 14.0. The maximum atomic E-state index is 14.0. The first-order chi connectivity index (χ1) is 12.6. The zero-order valence-electron chi connectivity index (χ0n) is 13.4. The number of hydrogen-bond donors (Lipinski definition) is 2. The van der Waals surface area contributed by atoms with E-state index in [4.69, 9.17) is 10.3 Å². The monoisotopic (exact) mass is 352 g/mol. The number of aromatic nitrogens is 5. The molecule has 4 rings (SSSR count). The van der Waals surface area contributed by atoms with Crippen LogP contribution in [0, 0.1) is 5.82 Å². The van der Waals surface area contributed by atoms with Gasteiger partial charge in [-0.15, -0.1) is 0 Å². The summed E-state index contributed by atoms with van der Waals surface area (Å²) in [6.45, 7) is 0.183. The Morgan fingerprint density at radius 2 is 2.04 bits per heavy atom. The molecule has 9 heteroatoms. The van der Waals surface area contributed by atoms with Crippen LogP contribution in [0.4, 0.5) is 10.2 Å². The predicted molar refractivity (Wildman–Crippen MR) is 90.3 cm³/mol. The van der Waals surface area contributed by atoms with Crippen molar-refractivity contribution in [3.8, 4) is 28.7 Å². The average Bonchev–Trinajstić information content (AvgIpc) is 3.29. The molecule has 0 aliphatic heterocycles. The minimum atomic E-state index is -0.333. The minimum absolute atomic E-state index is 0.0540. The molecule has 0 saturated carbocycles. The standard InChI is InChI=1S/C17H13FN6O2/c18-11-4-2-1-3-10(11)9-24-14(12-5-6-26-23-12)7-13(22-24)17-20-8-15(25)16(19)21-17/h1-8,25H,9H2,(H2,19,20,21). The van der Waals surface area contributed by atoms with E-state index in [9.17, 15) is 9.50 Å². The molecule has 8 nitrogen and oxygen atoms in total. The van der Waals surface area contributed by atoms with Gasteiger partial charge in [-0.2, -0.15) is 5.10 Å². The van der Waals surface area contributed by atoms with E-state index in [1.165, 1.54) is 18.5 Å². The molecule has 0 aliphatic carbocycles. The molecule has 4 aromatic rings. The third kappa shape index (κ3) is 2.86. The molecule has 0 fully saturated rings. The summed E-state index contributed by atoms with van der Waals surface area (Å²) in [5, 5.41) is 17.9. The zero-order chi connectivity index (χ0) is 18.1. The van der Waals surface area contributed by atoms with Crippen LogP contribution >= 0.6 is 0 Å². The summed E-state index contributed by atoms with van der Waals surface area (Å²) in [5.41, 5.74) is 7.65. The Balaban J connectivity index is 1.80. The number of benzene rings is 1. The number of aromatic hydroxyl groups is 1. The van der Waals surface area contributed by atoms with Crippen molar-refractivity contribution in [2.24, 2.45) is 0 Å². The average molecular weight is 352 g/mol. The largest absolute Gasteiger partial charge is 0.503 e.